The van der Waals surface area contributed by atoms with Gasteiger partial charge in [0.25, 0.3) is 0 Å². The summed E-state index contributed by atoms with van der Waals surface area (Å²) in [7, 11) is -8.98. The van der Waals surface area contributed by atoms with Crippen molar-refractivity contribution in [1.82, 2.24) is 0 Å². The van der Waals surface area contributed by atoms with Crippen molar-refractivity contribution in [2.24, 2.45) is 0 Å². The molecule has 0 aromatic heterocycles. The third-order valence-corrected chi connectivity index (χ3v) is 4.73. The van der Waals surface area contributed by atoms with E-state index in [1.54, 1.807) is 0 Å². The zero-order chi connectivity index (χ0) is 9.28. The first-order chi connectivity index (χ1) is 4.63. The van der Waals surface area contributed by atoms with E-state index in [-0.39, 0.29) is 5.82 Å². The van der Waals surface area contributed by atoms with E-state index in [4.69, 9.17) is 19.6 Å². The Morgan fingerprint density at radius 1 is 1.18 bits per heavy atom. The lowest BCUT2D eigenvalue weighted by Gasteiger charge is -2.01. The van der Waals surface area contributed by atoms with Crippen molar-refractivity contribution in [2.45, 2.75) is 0 Å². The van der Waals surface area contributed by atoms with Gasteiger partial charge in [-0.3, -0.25) is 9.13 Å². The van der Waals surface area contributed by atoms with Gasteiger partial charge in [-0.05, 0) is 22.6 Å². The Hall–Kier alpha value is 0.770. The van der Waals surface area contributed by atoms with Gasteiger partial charge in [0, 0.05) is 5.82 Å². The second kappa shape index (κ2) is 3.66. The highest BCUT2D eigenvalue weighted by atomic mass is 127. The van der Waals surface area contributed by atoms with Crippen LogP contribution in [0.15, 0.2) is 9.14 Å². The van der Waals surface area contributed by atoms with Gasteiger partial charge in [0.1, 0.15) is 3.32 Å². The second-order valence-electron chi connectivity index (χ2n) is 1.58. The molecule has 0 saturated carbocycles. The predicted octanol–water partition coefficient (Wildman–Crippen LogP) is 0.576. The molecule has 0 saturated heterocycles. The summed E-state index contributed by atoms with van der Waals surface area (Å²) in [5, 5.41) is 0. The fourth-order valence-electron chi connectivity index (χ4n) is 0.214. The third kappa shape index (κ3) is 5.98. The lowest BCUT2D eigenvalue weighted by atomic mass is 11.2. The zero-order valence-corrected chi connectivity index (χ0v) is 8.90. The zero-order valence-electron chi connectivity index (χ0n) is 4.96. The van der Waals surface area contributed by atoms with Crippen molar-refractivity contribution < 1.29 is 28.7 Å². The summed E-state index contributed by atoms with van der Waals surface area (Å²) in [4.78, 5) is 33.2. The molecule has 0 radical (unpaired) electrons. The van der Waals surface area contributed by atoms with Gasteiger partial charge < -0.3 is 19.6 Å². The highest BCUT2D eigenvalue weighted by Gasteiger charge is 2.22. The maximum Gasteiger partial charge on any atom is 0.362 e. The van der Waals surface area contributed by atoms with E-state index >= 15 is 0 Å². The minimum absolute atomic E-state index is 0.244. The molecule has 4 N–H and O–H groups in total. The van der Waals surface area contributed by atoms with E-state index in [0.717, 1.165) is 0 Å². The van der Waals surface area contributed by atoms with Crippen LogP contribution in [0.2, 0.25) is 0 Å². The van der Waals surface area contributed by atoms with Gasteiger partial charge >= 0.3 is 15.2 Å². The van der Waals surface area contributed by atoms with Crippen molar-refractivity contribution in [3.63, 3.8) is 0 Å². The molecule has 9 heteroatoms. The summed E-state index contributed by atoms with van der Waals surface area (Å²) < 4.78 is 19.8. The van der Waals surface area contributed by atoms with Gasteiger partial charge in [-0.1, -0.05) is 0 Å². The fourth-order valence-corrected chi connectivity index (χ4v) is 2.63. The van der Waals surface area contributed by atoms with Crippen molar-refractivity contribution in [1.29, 1.82) is 0 Å². The lowest BCUT2D eigenvalue weighted by Crippen LogP contribution is -1.77. The molecule has 0 fully saturated rings. The Balaban J connectivity index is 4.78. The second-order valence-corrected chi connectivity index (χ2v) is 6.61. The molecule has 11 heavy (non-hydrogen) atoms. The highest BCUT2D eigenvalue weighted by molar-refractivity contribution is 14.1. The molecule has 0 bridgehead atoms. The highest BCUT2D eigenvalue weighted by Crippen LogP contribution is 2.53. The molecular weight excluding hydrogens is 309 g/mol. The Labute approximate surface area is 75.8 Å². The molecule has 0 aromatic rings. The van der Waals surface area contributed by atoms with Gasteiger partial charge in [0.2, 0.25) is 0 Å². The van der Waals surface area contributed by atoms with Crippen LogP contribution >= 0.6 is 37.8 Å². The summed E-state index contributed by atoms with van der Waals surface area (Å²) in [5.41, 5.74) is 0. The molecule has 6 nitrogen and oxygen atoms in total. The van der Waals surface area contributed by atoms with Crippen molar-refractivity contribution in [2.75, 3.05) is 0 Å². The van der Waals surface area contributed by atoms with Crippen LogP contribution in [-0.2, 0) is 9.13 Å². The molecule has 0 aromatic carbocycles. The predicted molar refractivity (Wildman–Crippen MR) is 46.2 cm³/mol. The average molecular weight is 314 g/mol. The van der Waals surface area contributed by atoms with Gasteiger partial charge in [-0.15, -0.1) is 0 Å². The minimum atomic E-state index is -4.50. The fraction of sp³-hybridized carbons (Fsp3) is 0. The average Bonchev–Trinajstić information content (AvgIpc) is 1.56. The Bertz CT molecular complexity index is 258. The molecule has 0 aliphatic carbocycles. The van der Waals surface area contributed by atoms with Crippen LogP contribution in [0.5, 0.6) is 0 Å². The van der Waals surface area contributed by atoms with E-state index in [0.29, 0.717) is 0 Å². The van der Waals surface area contributed by atoms with Crippen LogP contribution in [0.3, 0.4) is 0 Å². The van der Waals surface area contributed by atoms with Crippen LogP contribution in [0.25, 0.3) is 0 Å². The van der Waals surface area contributed by atoms with Crippen LogP contribution < -0.4 is 0 Å². The molecule has 0 unspecified atom stereocenters. The Kier molecular flexibility index (Phi) is 3.91. The van der Waals surface area contributed by atoms with E-state index < -0.39 is 18.5 Å². The summed E-state index contributed by atoms with van der Waals surface area (Å²) >= 11 is 1.18. The summed E-state index contributed by atoms with van der Waals surface area (Å²) in [6, 6.07) is 0. The monoisotopic (exact) mass is 314 g/mol. The van der Waals surface area contributed by atoms with E-state index in [1.807, 2.05) is 0 Å². The van der Waals surface area contributed by atoms with Crippen LogP contribution in [0, 0.1) is 0 Å². The first-order valence-corrected chi connectivity index (χ1v) is 6.50. The lowest BCUT2D eigenvalue weighted by molar-refractivity contribution is 0.379. The third-order valence-electron chi connectivity index (χ3n) is 0.553. The molecule has 0 atom stereocenters. The first kappa shape index (κ1) is 11.8. The number of rotatable bonds is 2. The number of halogens is 1. The van der Waals surface area contributed by atoms with E-state index in [1.165, 1.54) is 22.6 Å². The van der Waals surface area contributed by atoms with Crippen LogP contribution in [-0.4, -0.2) is 19.6 Å². The molecule has 66 valence electrons. The molecule has 0 amide bonds. The normalized spacial score (nSPS) is 15.2. The summed E-state index contributed by atoms with van der Waals surface area (Å²) in [6.45, 7) is 0. The largest absolute Gasteiger partial charge is 0.362 e. The number of hydrogen-bond acceptors (Lipinski definition) is 2. The van der Waals surface area contributed by atoms with Crippen LogP contribution in [0.1, 0.15) is 0 Å². The minimum Gasteiger partial charge on any atom is -0.321 e. The standard InChI is InChI=1S/C2H5IO6P2/c3-2(11(7,8)9)1-10(4,5)6/h1H,(H2,4,5,6)(H2,7,8,9)/b2-1+. The maximum atomic E-state index is 10.3. The number of hydrogen-bond donors (Lipinski definition) is 4. The summed E-state index contributed by atoms with van der Waals surface area (Å²) in [5.74, 6) is 0.244. The van der Waals surface area contributed by atoms with E-state index in [9.17, 15) is 9.13 Å². The maximum absolute atomic E-state index is 10.3. The smallest absolute Gasteiger partial charge is 0.321 e. The summed E-state index contributed by atoms with van der Waals surface area (Å²) in [6.07, 6.45) is 0. The van der Waals surface area contributed by atoms with Crippen molar-refractivity contribution in [3.05, 3.63) is 9.14 Å². The van der Waals surface area contributed by atoms with Crippen molar-refractivity contribution in [3.8, 4) is 0 Å². The first-order valence-electron chi connectivity index (χ1n) is 2.12. The Morgan fingerprint density at radius 3 is 1.64 bits per heavy atom. The SMILES string of the molecule is O=P(O)(O)/C=C(\I)P(=O)(O)O. The van der Waals surface area contributed by atoms with Gasteiger partial charge in [-0.2, -0.15) is 0 Å². The molecule has 0 rings (SSSR count). The van der Waals surface area contributed by atoms with Crippen molar-refractivity contribution >= 4 is 37.8 Å². The molecule has 0 heterocycles. The molecule has 0 aliphatic rings. The Morgan fingerprint density at radius 2 is 1.55 bits per heavy atom. The molecule has 0 spiro atoms. The van der Waals surface area contributed by atoms with Gasteiger partial charge in [0.05, 0.1) is 0 Å². The molecule has 0 aliphatic heterocycles. The van der Waals surface area contributed by atoms with Gasteiger partial charge in [-0.25, -0.2) is 0 Å². The molecular formula is C2H5IO6P2. The van der Waals surface area contributed by atoms with E-state index in [2.05, 4.69) is 0 Å². The quantitative estimate of drug-likeness (QED) is 0.438. The van der Waals surface area contributed by atoms with Crippen LogP contribution in [0.4, 0.5) is 0 Å². The topological polar surface area (TPSA) is 115 Å². The van der Waals surface area contributed by atoms with Gasteiger partial charge in [0.15, 0.2) is 0 Å².